The molecule has 0 radical (unpaired) electrons. The van der Waals surface area contributed by atoms with Gasteiger partial charge in [-0.3, -0.25) is 0 Å². The zero-order valence-electron chi connectivity index (χ0n) is 34.3. The predicted molar refractivity (Wildman–Crippen MR) is 262 cm³/mol. The highest BCUT2D eigenvalue weighted by Crippen LogP contribution is 2.51. The van der Waals surface area contributed by atoms with Gasteiger partial charge < -0.3 is 28.1 Å². The van der Waals surface area contributed by atoms with E-state index in [4.69, 9.17) is 18.3 Å². The maximum Gasteiger partial charge on any atom is 0.290 e. The Bertz CT molecular complexity index is 3580. The van der Waals surface area contributed by atoms with Crippen LogP contribution in [0.3, 0.4) is 0 Å². The van der Waals surface area contributed by atoms with Gasteiger partial charge in [-0.1, -0.05) is 132 Å². The normalized spacial score (nSPS) is 13.4. The fourth-order valence-electron chi connectivity index (χ4n) is 10.5. The van der Waals surface area contributed by atoms with E-state index in [0.717, 1.165) is 118 Å². The number of para-hydroxylation sites is 9. The van der Waals surface area contributed by atoms with Gasteiger partial charge in [-0.2, -0.15) is 0 Å². The van der Waals surface area contributed by atoms with Crippen molar-refractivity contribution in [2.45, 2.75) is 0 Å². The number of hydrogen-bond donors (Lipinski definition) is 0. The number of furan rings is 2. The third kappa shape index (κ3) is 5.11. The molecule has 0 saturated carbocycles. The quantitative estimate of drug-likeness (QED) is 0.165. The lowest BCUT2D eigenvalue weighted by Crippen LogP contribution is -2.73. The number of rotatable bonds is 4. The molecule has 0 N–H and O–H groups in total. The molecule has 0 aliphatic carbocycles. The Kier molecular flexibility index (Phi) is 7.48. The van der Waals surface area contributed by atoms with Gasteiger partial charge in [-0.25, -0.2) is 0 Å². The van der Waals surface area contributed by atoms with Crippen LogP contribution < -0.4 is 52.4 Å². The van der Waals surface area contributed by atoms with E-state index in [1.165, 1.54) is 5.39 Å². The van der Waals surface area contributed by atoms with E-state index in [1.807, 2.05) is 48.5 Å². The van der Waals surface area contributed by atoms with Crippen LogP contribution in [0.4, 0.5) is 34.1 Å². The van der Waals surface area contributed by atoms with Gasteiger partial charge in [-0.05, 0) is 107 Å². The van der Waals surface area contributed by atoms with Crippen LogP contribution in [0.5, 0.6) is 23.0 Å². The molecule has 64 heavy (non-hydrogen) atoms. The van der Waals surface area contributed by atoms with Gasteiger partial charge >= 0.3 is 0 Å². The summed E-state index contributed by atoms with van der Waals surface area (Å²) in [5, 5.41) is 4.53. The minimum absolute atomic E-state index is 0.241. The molecule has 298 valence electrons. The molecule has 0 bridgehead atoms. The van der Waals surface area contributed by atoms with E-state index in [1.54, 1.807) is 0 Å². The first kappa shape index (κ1) is 35.3. The molecule has 6 nitrogen and oxygen atoms in total. The third-order valence-corrected chi connectivity index (χ3v) is 13.2. The standard InChI is InChI=1S/C56H34B2N2O4/c1-2-14-40-35(13-1)25-34-51-52(40)54-56(64-51)57(36-26-30-38(31-27-36)59-42-16-4-9-21-47(42)61-48-22-10-5-17-43(48)59)53-41-15-3-8-20-46(41)63-55(53)58(54)37-28-32-39(33-29-37)60-44-18-6-11-23-49(44)62-50-24-12-7-19-45(50)60/h1-34H. The summed E-state index contributed by atoms with van der Waals surface area (Å²) in [7, 11) is 0. The Morgan fingerprint density at radius 1 is 0.328 bits per heavy atom. The summed E-state index contributed by atoms with van der Waals surface area (Å²) in [5.41, 5.74) is 14.2. The Hall–Kier alpha value is -8.35. The molecule has 0 atom stereocenters. The molecule has 14 rings (SSSR count). The molecule has 0 spiro atoms. The van der Waals surface area contributed by atoms with Gasteiger partial charge in [0.05, 0.1) is 34.1 Å². The summed E-state index contributed by atoms with van der Waals surface area (Å²) in [6.45, 7) is -0.491. The summed E-state index contributed by atoms with van der Waals surface area (Å²) in [5.74, 6) is 3.30. The van der Waals surface area contributed by atoms with Gasteiger partial charge in [0.1, 0.15) is 11.2 Å². The molecular formula is C56H34B2N2O4. The van der Waals surface area contributed by atoms with E-state index in [9.17, 15) is 0 Å². The zero-order chi connectivity index (χ0) is 41.9. The summed E-state index contributed by atoms with van der Waals surface area (Å²) in [6, 6.07) is 72.2. The zero-order valence-corrected chi connectivity index (χ0v) is 34.3. The molecule has 0 unspecified atom stereocenters. The molecule has 9 aromatic carbocycles. The Labute approximate surface area is 369 Å². The molecule has 11 aromatic rings. The van der Waals surface area contributed by atoms with Crippen LogP contribution in [0.2, 0.25) is 0 Å². The largest absolute Gasteiger partial charge is 0.471 e. The van der Waals surface area contributed by atoms with Gasteiger partial charge in [0.25, 0.3) is 13.4 Å². The molecule has 2 aromatic heterocycles. The van der Waals surface area contributed by atoms with Crippen molar-refractivity contribution in [2.75, 3.05) is 9.80 Å². The average Bonchev–Trinajstić information content (AvgIpc) is 3.94. The van der Waals surface area contributed by atoms with Crippen molar-refractivity contribution in [3.63, 3.8) is 0 Å². The Morgan fingerprint density at radius 3 is 1.30 bits per heavy atom. The van der Waals surface area contributed by atoms with Gasteiger partial charge in [-0.15, -0.1) is 0 Å². The monoisotopic (exact) mass is 820 g/mol. The lowest BCUT2D eigenvalue weighted by molar-refractivity contribution is 0.477. The van der Waals surface area contributed by atoms with E-state index in [0.29, 0.717) is 0 Å². The Morgan fingerprint density at radius 2 is 0.750 bits per heavy atom. The smallest absolute Gasteiger partial charge is 0.290 e. The van der Waals surface area contributed by atoms with Crippen molar-refractivity contribution in [3.8, 4) is 23.0 Å². The molecular weight excluding hydrogens is 786 g/mol. The second-order valence-corrected chi connectivity index (χ2v) is 16.7. The fourth-order valence-corrected chi connectivity index (χ4v) is 10.5. The highest BCUT2D eigenvalue weighted by Gasteiger charge is 2.47. The van der Waals surface area contributed by atoms with Crippen LogP contribution in [0.15, 0.2) is 215 Å². The first-order chi connectivity index (χ1) is 31.7. The molecule has 8 heteroatoms. The molecule has 0 amide bonds. The van der Waals surface area contributed by atoms with E-state index in [-0.39, 0.29) is 13.4 Å². The highest BCUT2D eigenvalue weighted by molar-refractivity contribution is 7.12. The number of benzene rings is 9. The molecule has 3 aliphatic rings. The van der Waals surface area contributed by atoms with Crippen molar-refractivity contribution >= 4 is 113 Å². The lowest BCUT2D eigenvalue weighted by Gasteiger charge is -2.33. The van der Waals surface area contributed by atoms with Crippen molar-refractivity contribution in [2.24, 2.45) is 0 Å². The van der Waals surface area contributed by atoms with Crippen molar-refractivity contribution in [1.29, 1.82) is 0 Å². The van der Waals surface area contributed by atoms with Crippen LogP contribution in [-0.2, 0) is 0 Å². The molecule has 3 aliphatic heterocycles. The first-order valence-electron chi connectivity index (χ1n) is 21.7. The average molecular weight is 821 g/mol. The van der Waals surface area contributed by atoms with Crippen LogP contribution >= 0.6 is 0 Å². The molecule has 0 saturated heterocycles. The summed E-state index contributed by atoms with van der Waals surface area (Å²) < 4.78 is 27.1. The fraction of sp³-hybridized carbons (Fsp3) is 0. The number of fused-ring (bicyclic) bond motifs is 12. The van der Waals surface area contributed by atoms with E-state index >= 15 is 0 Å². The second kappa shape index (κ2) is 13.6. The van der Waals surface area contributed by atoms with Gasteiger partial charge in [0.15, 0.2) is 23.0 Å². The predicted octanol–water partition coefficient (Wildman–Crippen LogP) is 10.8. The molecule has 5 heterocycles. The van der Waals surface area contributed by atoms with E-state index in [2.05, 4.69) is 168 Å². The minimum Gasteiger partial charge on any atom is -0.471 e. The van der Waals surface area contributed by atoms with Gasteiger partial charge in [0.2, 0.25) is 0 Å². The topological polar surface area (TPSA) is 51.2 Å². The molecule has 0 fully saturated rings. The highest BCUT2D eigenvalue weighted by atomic mass is 16.5. The second-order valence-electron chi connectivity index (χ2n) is 16.7. The van der Waals surface area contributed by atoms with Crippen LogP contribution in [0, 0.1) is 0 Å². The summed E-state index contributed by atoms with van der Waals surface area (Å²) >= 11 is 0. The van der Waals surface area contributed by atoms with Crippen LogP contribution in [0.1, 0.15) is 0 Å². The Balaban J connectivity index is 0.965. The van der Waals surface area contributed by atoms with Crippen molar-refractivity contribution in [1.82, 2.24) is 0 Å². The maximum absolute atomic E-state index is 7.24. The third-order valence-electron chi connectivity index (χ3n) is 13.2. The van der Waals surface area contributed by atoms with E-state index < -0.39 is 0 Å². The van der Waals surface area contributed by atoms with Gasteiger partial charge in [0, 0.05) is 22.1 Å². The van der Waals surface area contributed by atoms with Crippen molar-refractivity contribution in [3.05, 3.63) is 206 Å². The number of hydrogen-bond acceptors (Lipinski definition) is 6. The maximum atomic E-state index is 7.24. The summed E-state index contributed by atoms with van der Waals surface area (Å²) in [6.07, 6.45) is 0. The van der Waals surface area contributed by atoms with Crippen LogP contribution in [-0.4, -0.2) is 13.4 Å². The summed E-state index contributed by atoms with van der Waals surface area (Å²) in [4.78, 5) is 4.56. The number of nitrogens with zero attached hydrogens (tertiary/aromatic N) is 2. The number of ether oxygens (including phenoxy) is 2. The first-order valence-corrected chi connectivity index (χ1v) is 21.7. The minimum atomic E-state index is -0.250. The van der Waals surface area contributed by atoms with Crippen molar-refractivity contribution < 1.29 is 18.3 Å². The van der Waals surface area contributed by atoms with Crippen LogP contribution in [0.25, 0.3) is 32.7 Å². The SMILES string of the molecule is c1ccc2c(c1)Oc1ccccc1N2c1ccc(B2c3oc4ccc5ccccc5c4c3B(c3ccc(N4c5ccccc5Oc5ccccc54)cc3)c3oc4ccccc4c32)cc1. The lowest BCUT2D eigenvalue weighted by atomic mass is 9.24. The number of anilines is 6.